The van der Waals surface area contributed by atoms with Crippen LogP contribution in [0.25, 0.3) is 0 Å². The maximum Gasteiger partial charge on any atom is 0.119 e. The Labute approximate surface area is 110 Å². The molecule has 102 valence electrons. The van der Waals surface area contributed by atoms with E-state index in [-0.39, 0.29) is 6.10 Å². The zero-order valence-corrected chi connectivity index (χ0v) is 11.9. The van der Waals surface area contributed by atoms with E-state index in [1.165, 1.54) is 5.56 Å². The van der Waals surface area contributed by atoms with E-state index >= 15 is 0 Å². The van der Waals surface area contributed by atoms with Crippen LogP contribution in [0.2, 0.25) is 0 Å². The van der Waals surface area contributed by atoms with Crippen molar-refractivity contribution in [1.29, 1.82) is 0 Å². The van der Waals surface area contributed by atoms with Gasteiger partial charge in [0.1, 0.15) is 5.75 Å². The summed E-state index contributed by atoms with van der Waals surface area (Å²) in [5.41, 5.74) is 1.22. The van der Waals surface area contributed by atoms with Crippen molar-refractivity contribution in [1.82, 2.24) is 5.32 Å². The average Bonchev–Trinajstić information content (AvgIpc) is 2.33. The van der Waals surface area contributed by atoms with E-state index in [2.05, 4.69) is 38.2 Å². The third kappa shape index (κ3) is 6.03. The molecule has 0 aliphatic heterocycles. The van der Waals surface area contributed by atoms with Gasteiger partial charge < -0.3 is 14.8 Å². The van der Waals surface area contributed by atoms with Crippen LogP contribution in [-0.2, 0) is 4.74 Å². The van der Waals surface area contributed by atoms with Crippen LogP contribution in [0.5, 0.6) is 5.75 Å². The average molecular weight is 251 g/mol. The normalized spacial score (nSPS) is 12.7. The Bertz CT molecular complexity index is 339. The van der Waals surface area contributed by atoms with E-state index in [0.29, 0.717) is 12.6 Å². The first-order valence-corrected chi connectivity index (χ1v) is 6.60. The fraction of sp³-hybridized carbons (Fsp3) is 0.600. The summed E-state index contributed by atoms with van der Waals surface area (Å²) in [6.45, 7) is 7.60. The molecule has 0 fully saturated rings. The van der Waals surface area contributed by atoms with E-state index in [1.54, 1.807) is 0 Å². The SMILES string of the molecule is CNC(CCOc1cccc(C)c1)COC(C)C. The predicted octanol–water partition coefficient (Wildman–Crippen LogP) is 2.78. The molecule has 0 spiro atoms. The summed E-state index contributed by atoms with van der Waals surface area (Å²) in [5.74, 6) is 0.939. The molecule has 0 aromatic heterocycles. The zero-order chi connectivity index (χ0) is 13.4. The van der Waals surface area contributed by atoms with Gasteiger partial charge in [0.2, 0.25) is 0 Å². The first-order chi connectivity index (χ1) is 8.61. The summed E-state index contributed by atoms with van der Waals surface area (Å²) in [7, 11) is 1.96. The van der Waals surface area contributed by atoms with Crippen LogP contribution in [0.15, 0.2) is 24.3 Å². The van der Waals surface area contributed by atoms with Crippen molar-refractivity contribution in [3.8, 4) is 5.75 Å². The van der Waals surface area contributed by atoms with Gasteiger partial charge in [0.25, 0.3) is 0 Å². The molecule has 0 aliphatic carbocycles. The molecule has 0 saturated carbocycles. The van der Waals surface area contributed by atoms with Gasteiger partial charge >= 0.3 is 0 Å². The lowest BCUT2D eigenvalue weighted by atomic mass is 10.2. The number of likely N-dealkylation sites (N-methyl/N-ethyl adjacent to an activating group) is 1. The fourth-order valence-electron chi connectivity index (χ4n) is 1.64. The van der Waals surface area contributed by atoms with E-state index < -0.39 is 0 Å². The molecule has 1 atom stereocenters. The minimum atomic E-state index is 0.276. The van der Waals surface area contributed by atoms with Gasteiger partial charge in [-0.3, -0.25) is 0 Å². The summed E-state index contributed by atoms with van der Waals surface area (Å²) in [4.78, 5) is 0. The first-order valence-electron chi connectivity index (χ1n) is 6.60. The molecule has 1 rings (SSSR count). The molecule has 0 bridgehead atoms. The highest BCUT2D eigenvalue weighted by molar-refractivity contribution is 5.27. The van der Waals surface area contributed by atoms with Crippen molar-refractivity contribution in [3.05, 3.63) is 29.8 Å². The van der Waals surface area contributed by atoms with Crippen molar-refractivity contribution < 1.29 is 9.47 Å². The minimum Gasteiger partial charge on any atom is -0.494 e. The number of aryl methyl sites for hydroxylation is 1. The predicted molar refractivity (Wildman–Crippen MR) is 75.2 cm³/mol. The number of hydrogen-bond acceptors (Lipinski definition) is 3. The second kappa shape index (κ2) is 8.11. The van der Waals surface area contributed by atoms with Gasteiger partial charge in [-0.1, -0.05) is 12.1 Å². The van der Waals surface area contributed by atoms with Gasteiger partial charge in [-0.2, -0.15) is 0 Å². The second-order valence-corrected chi connectivity index (χ2v) is 4.82. The molecule has 1 unspecified atom stereocenters. The Morgan fingerprint density at radius 2 is 2.06 bits per heavy atom. The van der Waals surface area contributed by atoms with Crippen LogP contribution in [0.3, 0.4) is 0 Å². The van der Waals surface area contributed by atoms with Crippen LogP contribution in [0.4, 0.5) is 0 Å². The highest BCUT2D eigenvalue weighted by Crippen LogP contribution is 2.12. The van der Waals surface area contributed by atoms with Crippen molar-refractivity contribution in [2.45, 2.75) is 39.3 Å². The molecule has 1 aromatic carbocycles. The Hall–Kier alpha value is -1.06. The molecule has 0 saturated heterocycles. The number of benzene rings is 1. The van der Waals surface area contributed by atoms with Crippen LogP contribution >= 0.6 is 0 Å². The van der Waals surface area contributed by atoms with Gasteiger partial charge in [-0.15, -0.1) is 0 Å². The van der Waals surface area contributed by atoms with E-state index in [1.807, 2.05) is 19.2 Å². The van der Waals surface area contributed by atoms with E-state index in [9.17, 15) is 0 Å². The molecular formula is C15H25NO2. The summed E-state index contributed by atoms with van der Waals surface area (Å²) in [6, 6.07) is 8.48. The van der Waals surface area contributed by atoms with Crippen LogP contribution in [0.1, 0.15) is 25.8 Å². The third-order valence-corrected chi connectivity index (χ3v) is 2.76. The lowest BCUT2D eigenvalue weighted by Gasteiger charge is -2.18. The monoisotopic (exact) mass is 251 g/mol. The highest BCUT2D eigenvalue weighted by atomic mass is 16.5. The van der Waals surface area contributed by atoms with Crippen molar-refractivity contribution in [2.24, 2.45) is 0 Å². The van der Waals surface area contributed by atoms with Crippen LogP contribution in [0, 0.1) is 6.92 Å². The third-order valence-electron chi connectivity index (χ3n) is 2.76. The Morgan fingerprint density at radius 3 is 2.67 bits per heavy atom. The Morgan fingerprint density at radius 1 is 1.28 bits per heavy atom. The number of ether oxygens (including phenoxy) is 2. The van der Waals surface area contributed by atoms with Crippen molar-refractivity contribution >= 4 is 0 Å². The lowest BCUT2D eigenvalue weighted by molar-refractivity contribution is 0.0581. The maximum absolute atomic E-state index is 5.73. The Balaban J connectivity index is 2.26. The number of rotatable bonds is 8. The largest absolute Gasteiger partial charge is 0.494 e. The van der Waals surface area contributed by atoms with Gasteiger partial charge in [0.15, 0.2) is 0 Å². The van der Waals surface area contributed by atoms with Gasteiger partial charge in [-0.25, -0.2) is 0 Å². The Kier molecular flexibility index (Phi) is 6.76. The second-order valence-electron chi connectivity index (χ2n) is 4.82. The molecule has 0 radical (unpaired) electrons. The van der Waals surface area contributed by atoms with E-state index in [4.69, 9.17) is 9.47 Å². The lowest BCUT2D eigenvalue weighted by Crippen LogP contribution is -2.33. The van der Waals surface area contributed by atoms with Crippen molar-refractivity contribution in [3.63, 3.8) is 0 Å². The summed E-state index contributed by atoms with van der Waals surface area (Å²) in [6.07, 6.45) is 1.22. The molecule has 3 nitrogen and oxygen atoms in total. The van der Waals surface area contributed by atoms with Gasteiger partial charge in [0.05, 0.1) is 19.3 Å². The molecule has 1 aromatic rings. The summed E-state index contributed by atoms with van der Waals surface area (Å²) < 4.78 is 11.3. The standard InChI is InChI=1S/C15H25NO2/c1-12(2)18-11-14(16-4)8-9-17-15-7-5-6-13(3)10-15/h5-7,10,12,14,16H,8-9,11H2,1-4H3. The molecule has 0 heterocycles. The fourth-order valence-corrected chi connectivity index (χ4v) is 1.64. The van der Waals surface area contributed by atoms with Gasteiger partial charge in [0, 0.05) is 6.04 Å². The summed E-state index contributed by atoms with van der Waals surface area (Å²) in [5, 5.41) is 3.25. The zero-order valence-electron chi connectivity index (χ0n) is 11.9. The van der Waals surface area contributed by atoms with E-state index in [0.717, 1.165) is 18.8 Å². The maximum atomic E-state index is 5.73. The smallest absolute Gasteiger partial charge is 0.119 e. The number of hydrogen-bond donors (Lipinski definition) is 1. The van der Waals surface area contributed by atoms with Crippen LogP contribution < -0.4 is 10.1 Å². The summed E-state index contributed by atoms with van der Waals surface area (Å²) >= 11 is 0. The topological polar surface area (TPSA) is 30.5 Å². The molecule has 3 heteroatoms. The molecular weight excluding hydrogens is 226 g/mol. The van der Waals surface area contributed by atoms with Crippen molar-refractivity contribution in [2.75, 3.05) is 20.3 Å². The molecule has 18 heavy (non-hydrogen) atoms. The molecule has 0 amide bonds. The molecule has 0 aliphatic rings. The quantitative estimate of drug-likeness (QED) is 0.770. The number of nitrogens with one attached hydrogen (secondary N) is 1. The first kappa shape index (κ1) is 15.0. The molecule has 1 N–H and O–H groups in total. The van der Waals surface area contributed by atoms with Crippen LogP contribution in [-0.4, -0.2) is 32.4 Å². The highest BCUT2D eigenvalue weighted by Gasteiger charge is 2.07. The minimum absolute atomic E-state index is 0.276. The van der Waals surface area contributed by atoms with Gasteiger partial charge in [-0.05, 0) is 51.9 Å².